The number of halogens is 1. The minimum absolute atomic E-state index is 0.190. The molecule has 0 aliphatic carbocycles. The molecule has 1 aliphatic rings. The Kier molecular flexibility index (Phi) is 5.47. The Morgan fingerprint density at radius 1 is 1.15 bits per heavy atom. The van der Waals surface area contributed by atoms with Gasteiger partial charge in [0.25, 0.3) is 0 Å². The van der Waals surface area contributed by atoms with Crippen LogP contribution in [0.1, 0.15) is 22.3 Å². The molecule has 2 aromatic carbocycles. The number of likely N-dealkylation sites (N-methyl/N-ethyl adjacent to an activating group) is 1. The van der Waals surface area contributed by atoms with Gasteiger partial charge in [-0.05, 0) is 62.1 Å². The van der Waals surface area contributed by atoms with Crippen molar-refractivity contribution in [2.24, 2.45) is 0 Å². The van der Waals surface area contributed by atoms with Crippen molar-refractivity contribution in [3.05, 3.63) is 57.1 Å². The van der Waals surface area contributed by atoms with Gasteiger partial charge in [-0.3, -0.25) is 4.79 Å². The number of benzene rings is 2. The van der Waals surface area contributed by atoms with E-state index in [1.165, 1.54) is 7.05 Å². The fourth-order valence-electron chi connectivity index (χ4n) is 3.72. The van der Waals surface area contributed by atoms with E-state index in [-0.39, 0.29) is 17.3 Å². The zero-order chi connectivity index (χ0) is 19.9. The number of anilines is 1. The molecule has 0 bridgehead atoms. The summed E-state index contributed by atoms with van der Waals surface area (Å²) < 4.78 is 28.3. The van der Waals surface area contributed by atoms with E-state index in [0.717, 1.165) is 32.0 Å². The van der Waals surface area contributed by atoms with Gasteiger partial charge in [-0.1, -0.05) is 33.6 Å². The number of carbonyl (C=O) groups excluding carboxylic acids is 1. The number of hydrogen-bond acceptors (Lipinski definition) is 3. The molecular weight excluding hydrogens is 428 g/mol. The highest BCUT2D eigenvalue weighted by atomic mass is 79.9. The maximum absolute atomic E-state index is 13.1. The van der Waals surface area contributed by atoms with Crippen LogP contribution in [0.3, 0.4) is 0 Å². The van der Waals surface area contributed by atoms with E-state index >= 15 is 0 Å². The molecule has 2 aromatic rings. The van der Waals surface area contributed by atoms with E-state index < -0.39 is 10.0 Å². The Bertz CT molecular complexity index is 995. The molecule has 0 unspecified atom stereocenters. The summed E-state index contributed by atoms with van der Waals surface area (Å²) in [7, 11) is -2.28. The lowest BCUT2D eigenvalue weighted by Gasteiger charge is -2.23. The fourth-order valence-corrected chi connectivity index (χ4v) is 5.65. The monoisotopic (exact) mass is 450 g/mol. The summed E-state index contributed by atoms with van der Waals surface area (Å²) in [5, 5.41) is 0. The first-order valence-corrected chi connectivity index (χ1v) is 11.0. The molecule has 1 aliphatic heterocycles. The molecule has 0 radical (unpaired) electrons. The van der Waals surface area contributed by atoms with Crippen LogP contribution in [0.4, 0.5) is 5.69 Å². The molecule has 0 saturated carbocycles. The number of rotatable bonds is 4. The third-order valence-electron chi connectivity index (χ3n) is 4.87. The lowest BCUT2D eigenvalue weighted by Crippen LogP contribution is -2.40. The van der Waals surface area contributed by atoms with Crippen LogP contribution in [0, 0.1) is 20.8 Å². The van der Waals surface area contributed by atoms with Crippen LogP contribution in [0.5, 0.6) is 0 Å². The average molecular weight is 451 g/mol. The quantitative estimate of drug-likeness (QED) is 0.714. The second kappa shape index (κ2) is 7.37. The molecule has 1 heterocycles. The normalized spacial score (nSPS) is 13.9. The number of hydrogen-bond donors (Lipinski definition) is 0. The highest BCUT2D eigenvalue weighted by Gasteiger charge is 2.30. The molecular formula is C20H23BrN2O3S. The number of fused-ring (bicyclic) bond motifs is 1. The van der Waals surface area contributed by atoms with Crippen molar-refractivity contribution >= 4 is 37.5 Å². The average Bonchev–Trinajstić information content (AvgIpc) is 2.96. The summed E-state index contributed by atoms with van der Waals surface area (Å²) in [5.74, 6) is -0.218. The minimum Gasteiger partial charge on any atom is -0.311 e. The smallest absolute Gasteiger partial charge is 0.243 e. The molecule has 0 fully saturated rings. The lowest BCUT2D eigenvalue weighted by molar-refractivity contribution is -0.118. The maximum atomic E-state index is 13.1. The van der Waals surface area contributed by atoms with Crippen LogP contribution in [-0.2, 0) is 21.2 Å². The van der Waals surface area contributed by atoms with Crippen molar-refractivity contribution in [2.45, 2.75) is 32.1 Å². The van der Waals surface area contributed by atoms with Gasteiger partial charge < -0.3 is 4.90 Å². The predicted molar refractivity (Wildman–Crippen MR) is 111 cm³/mol. The second-order valence-corrected chi connectivity index (χ2v) is 9.95. The summed E-state index contributed by atoms with van der Waals surface area (Å²) in [5.41, 5.74) is 4.36. The van der Waals surface area contributed by atoms with Gasteiger partial charge in [-0.25, -0.2) is 8.42 Å². The summed E-state index contributed by atoms with van der Waals surface area (Å²) >= 11 is 3.44. The summed E-state index contributed by atoms with van der Waals surface area (Å²) in [6.45, 7) is 5.90. The number of carbonyl (C=O) groups is 1. The molecule has 5 nitrogen and oxygen atoms in total. The first kappa shape index (κ1) is 20.0. The molecule has 7 heteroatoms. The number of amides is 1. The van der Waals surface area contributed by atoms with Crippen LogP contribution in [0.2, 0.25) is 0 Å². The molecule has 0 N–H and O–H groups in total. The number of nitrogens with zero attached hydrogens (tertiary/aromatic N) is 2. The lowest BCUT2D eigenvalue weighted by atomic mass is 10.1. The van der Waals surface area contributed by atoms with Crippen molar-refractivity contribution in [1.29, 1.82) is 0 Å². The molecule has 0 aromatic heterocycles. The number of sulfonamides is 1. The van der Waals surface area contributed by atoms with Crippen molar-refractivity contribution in [1.82, 2.24) is 4.31 Å². The Hall–Kier alpha value is -1.70. The highest BCUT2D eigenvalue weighted by molar-refractivity contribution is 9.10. The van der Waals surface area contributed by atoms with Crippen molar-refractivity contribution < 1.29 is 13.2 Å². The largest absolute Gasteiger partial charge is 0.311 e. The SMILES string of the molecule is Cc1cc(C)c(S(=O)(=O)N(C)CC(=O)N2CCc3cc(Br)ccc32)c(C)c1. The third-order valence-corrected chi connectivity index (χ3v) is 7.47. The molecule has 0 saturated heterocycles. The van der Waals surface area contributed by atoms with E-state index in [2.05, 4.69) is 15.9 Å². The van der Waals surface area contributed by atoms with E-state index in [1.807, 2.05) is 37.3 Å². The van der Waals surface area contributed by atoms with Gasteiger partial charge >= 0.3 is 0 Å². The molecule has 3 rings (SSSR count). The first-order chi connectivity index (χ1) is 12.6. The topological polar surface area (TPSA) is 57.7 Å². The Morgan fingerprint density at radius 3 is 2.41 bits per heavy atom. The summed E-state index contributed by atoms with van der Waals surface area (Å²) in [4.78, 5) is 14.8. The highest BCUT2D eigenvalue weighted by Crippen LogP contribution is 2.31. The van der Waals surface area contributed by atoms with Crippen molar-refractivity contribution in [3.63, 3.8) is 0 Å². The van der Waals surface area contributed by atoms with Crippen LogP contribution in [0.15, 0.2) is 39.7 Å². The minimum atomic E-state index is -3.75. The third kappa shape index (κ3) is 3.81. The second-order valence-electron chi connectivity index (χ2n) is 7.06. The molecule has 0 atom stereocenters. The Labute approximate surface area is 169 Å². The van der Waals surface area contributed by atoms with Crippen molar-refractivity contribution in [3.8, 4) is 0 Å². The van der Waals surface area contributed by atoms with Crippen LogP contribution < -0.4 is 4.90 Å². The summed E-state index contributed by atoms with van der Waals surface area (Å²) in [6.07, 6.45) is 0.771. The van der Waals surface area contributed by atoms with Crippen LogP contribution in [-0.4, -0.2) is 38.8 Å². The van der Waals surface area contributed by atoms with Crippen LogP contribution >= 0.6 is 15.9 Å². The maximum Gasteiger partial charge on any atom is 0.243 e. The van der Waals surface area contributed by atoms with E-state index in [0.29, 0.717) is 17.7 Å². The standard InChI is InChI=1S/C20H23BrN2O3S/c1-13-9-14(2)20(15(3)10-13)27(25,26)22(4)12-19(24)23-8-7-16-11-17(21)5-6-18(16)23/h5-6,9-11H,7-8,12H2,1-4H3. The Balaban J connectivity index is 1.84. The number of aryl methyl sites for hydroxylation is 3. The van der Waals surface area contributed by atoms with Gasteiger partial charge in [0.15, 0.2) is 0 Å². The molecule has 144 valence electrons. The zero-order valence-electron chi connectivity index (χ0n) is 15.9. The zero-order valence-corrected chi connectivity index (χ0v) is 18.3. The Morgan fingerprint density at radius 2 is 1.78 bits per heavy atom. The van der Waals surface area contributed by atoms with E-state index in [1.54, 1.807) is 18.7 Å². The van der Waals surface area contributed by atoms with Crippen LogP contribution in [0.25, 0.3) is 0 Å². The van der Waals surface area contributed by atoms with Gasteiger partial charge in [0.2, 0.25) is 15.9 Å². The van der Waals surface area contributed by atoms with Gasteiger partial charge in [0.05, 0.1) is 11.4 Å². The van der Waals surface area contributed by atoms with Gasteiger partial charge in [0, 0.05) is 23.8 Å². The summed E-state index contributed by atoms with van der Waals surface area (Å²) in [6, 6.07) is 9.49. The van der Waals surface area contributed by atoms with Gasteiger partial charge in [-0.2, -0.15) is 4.31 Å². The molecule has 27 heavy (non-hydrogen) atoms. The van der Waals surface area contributed by atoms with Gasteiger partial charge in [-0.15, -0.1) is 0 Å². The first-order valence-electron chi connectivity index (χ1n) is 8.74. The molecule has 1 amide bonds. The predicted octanol–water partition coefficient (Wildman–Crippen LogP) is 3.58. The van der Waals surface area contributed by atoms with Gasteiger partial charge in [0.1, 0.15) is 0 Å². The van der Waals surface area contributed by atoms with E-state index in [4.69, 9.17) is 0 Å². The van der Waals surface area contributed by atoms with Crippen molar-refractivity contribution in [2.75, 3.05) is 25.0 Å². The fraction of sp³-hybridized carbons (Fsp3) is 0.350. The molecule has 0 spiro atoms. The van der Waals surface area contributed by atoms with E-state index in [9.17, 15) is 13.2 Å².